The van der Waals surface area contributed by atoms with Crippen molar-refractivity contribution >= 4 is 5.78 Å². The lowest BCUT2D eigenvalue weighted by Gasteiger charge is -2.57. The summed E-state index contributed by atoms with van der Waals surface area (Å²) in [6.07, 6.45) is 6.97. The lowest BCUT2D eigenvalue weighted by atomic mass is 9.47. The van der Waals surface area contributed by atoms with Crippen molar-refractivity contribution in [3.63, 3.8) is 0 Å². The second-order valence-electron chi connectivity index (χ2n) is 8.69. The van der Waals surface area contributed by atoms with Crippen LogP contribution >= 0.6 is 0 Å². The summed E-state index contributed by atoms with van der Waals surface area (Å²) in [5.74, 6) is 0.999. The molecular formula is C19H27FO2. The number of carbonyl (C=O) groups excluding carboxylic acids is 1. The number of carbonyl (C=O) groups is 1. The Morgan fingerprint density at radius 2 is 1.82 bits per heavy atom. The van der Waals surface area contributed by atoms with Crippen molar-refractivity contribution in [1.29, 1.82) is 0 Å². The van der Waals surface area contributed by atoms with Gasteiger partial charge in [0.1, 0.15) is 0 Å². The van der Waals surface area contributed by atoms with Gasteiger partial charge < -0.3 is 5.11 Å². The summed E-state index contributed by atoms with van der Waals surface area (Å²) in [6.45, 7) is 4.48. The molecule has 4 aliphatic carbocycles. The molecule has 3 heteroatoms. The van der Waals surface area contributed by atoms with Gasteiger partial charge in [-0.2, -0.15) is 0 Å². The summed E-state index contributed by atoms with van der Waals surface area (Å²) >= 11 is 0. The van der Waals surface area contributed by atoms with Gasteiger partial charge in [-0.3, -0.25) is 4.79 Å². The van der Waals surface area contributed by atoms with Gasteiger partial charge in [-0.05, 0) is 79.1 Å². The van der Waals surface area contributed by atoms with Crippen LogP contribution in [0.5, 0.6) is 0 Å². The van der Waals surface area contributed by atoms with E-state index in [1.54, 1.807) is 0 Å². The van der Waals surface area contributed by atoms with E-state index >= 15 is 0 Å². The lowest BCUT2D eigenvalue weighted by Crippen LogP contribution is -2.51. The Morgan fingerprint density at radius 3 is 2.59 bits per heavy atom. The molecule has 22 heavy (non-hydrogen) atoms. The molecule has 3 saturated carbocycles. The minimum atomic E-state index is -0.410. The maximum Gasteiger partial charge on any atom is 0.191 e. The Hall–Kier alpha value is -0.700. The number of aliphatic hydroxyl groups is 1. The molecule has 0 amide bonds. The van der Waals surface area contributed by atoms with E-state index in [9.17, 15) is 14.3 Å². The van der Waals surface area contributed by atoms with Crippen molar-refractivity contribution in [2.24, 2.45) is 28.6 Å². The molecule has 0 aromatic heterocycles. The minimum Gasteiger partial charge on any atom is -0.393 e. The molecule has 0 aromatic rings. The highest BCUT2D eigenvalue weighted by Crippen LogP contribution is 2.65. The zero-order valence-electron chi connectivity index (χ0n) is 13.7. The molecule has 0 aromatic carbocycles. The summed E-state index contributed by atoms with van der Waals surface area (Å²) in [5.41, 5.74) is 0.782. The van der Waals surface area contributed by atoms with Gasteiger partial charge in [0.05, 0.1) is 6.10 Å². The van der Waals surface area contributed by atoms with Crippen LogP contribution in [0.2, 0.25) is 0 Å². The van der Waals surface area contributed by atoms with Gasteiger partial charge in [-0.1, -0.05) is 13.8 Å². The Morgan fingerprint density at radius 1 is 1.05 bits per heavy atom. The second kappa shape index (κ2) is 4.66. The van der Waals surface area contributed by atoms with Crippen LogP contribution in [-0.2, 0) is 4.79 Å². The number of halogens is 1. The highest BCUT2D eigenvalue weighted by Gasteiger charge is 2.59. The van der Waals surface area contributed by atoms with Gasteiger partial charge in [-0.25, -0.2) is 4.39 Å². The Labute approximate surface area is 132 Å². The molecule has 122 valence electrons. The van der Waals surface area contributed by atoms with Gasteiger partial charge in [0.15, 0.2) is 11.6 Å². The topological polar surface area (TPSA) is 37.3 Å². The monoisotopic (exact) mass is 306 g/mol. The number of ketones is 1. The average molecular weight is 306 g/mol. The number of Topliss-reactive ketones (excluding diaryl/α,β-unsaturated/α-hetero) is 1. The van der Waals surface area contributed by atoms with E-state index in [4.69, 9.17) is 0 Å². The Bertz CT molecular complexity index is 554. The standard InChI is InChI=1S/C19H27FO2/c1-18-10-8-15(21)17(20)14(18)4-3-11-12-5-6-16(22)19(12,2)9-7-13(11)18/h11-13,16,22H,3-10H2,1-2H3/t11-,12-,13-,16-,18+,19-/m0/s1. The molecule has 4 aliphatic rings. The van der Waals surface area contributed by atoms with Crippen molar-refractivity contribution < 1.29 is 14.3 Å². The van der Waals surface area contributed by atoms with Crippen LogP contribution in [0.25, 0.3) is 0 Å². The van der Waals surface area contributed by atoms with Crippen molar-refractivity contribution in [3.8, 4) is 0 Å². The predicted molar refractivity (Wildman–Crippen MR) is 82.8 cm³/mol. The molecule has 0 aliphatic heterocycles. The number of hydrogen-bond acceptors (Lipinski definition) is 2. The van der Waals surface area contributed by atoms with Crippen molar-refractivity contribution in [2.75, 3.05) is 0 Å². The molecule has 0 radical (unpaired) electrons. The third-order valence-electron chi connectivity index (χ3n) is 8.00. The summed E-state index contributed by atoms with van der Waals surface area (Å²) in [4.78, 5) is 11.8. The highest BCUT2D eigenvalue weighted by molar-refractivity contribution is 5.95. The van der Waals surface area contributed by atoms with Crippen LogP contribution in [0.15, 0.2) is 11.4 Å². The van der Waals surface area contributed by atoms with Crippen molar-refractivity contribution in [1.82, 2.24) is 0 Å². The van der Waals surface area contributed by atoms with Gasteiger partial charge >= 0.3 is 0 Å². The third-order valence-corrected chi connectivity index (χ3v) is 8.00. The number of hydrogen-bond donors (Lipinski definition) is 1. The van der Waals surface area contributed by atoms with Crippen LogP contribution in [0.4, 0.5) is 4.39 Å². The van der Waals surface area contributed by atoms with Crippen LogP contribution in [0.3, 0.4) is 0 Å². The molecular weight excluding hydrogens is 279 g/mol. The van der Waals surface area contributed by atoms with Crippen LogP contribution < -0.4 is 0 Å². The van der Waals surface area contributed by atoms with Gasteiger partial charge in [0, 0.05) is 6.42 Å². The maximum absolute atomic E-state index is 14.4. The number of fused-ring (bicyclic) bond motifs is 5. The summed E-state index contributed by atoms with van der Waals surface area (Å²) in [5, 5.41) is 10.4. The first-order valence-electron chi connectivity index (χ1n) is 8.98. The van der Waals surface area contributed by atoms with Gasteiger partial charge in [0.25, 0.3) is 0 Å². The molecule has 0 saturated heterocycles. The van der Waals surface area contributed by atoms with Gasteiger partial charge in [-0.15, -0.1) is 0 Å². The van der Waals surface area contributed by atoms with Gasteiger partial charge in [0.2, 0.25) is 0 Å². The molecule has 0 bridgehead atoms. The quantitative estimate of drug-likeness (QED) is 0.729. The Balaban J connectivity index is 1.72. The number of allylic oxidation sites excluding steroid dienone is 1. The fourth-order valence-electron chi connectivity index (χ4n) is 6.62. The molecule has 0 unspecified atom stereocenters. The van der Waals surface area contributed by atoms with Crippen molar-refractivity contribution in [3.05, 3.63) is 11.4 Å². The second-order valence-corrected chi connectivity index (χ2v) is 8.69. The first-order valence-corrected chi connectivity index (χ1v) is 8.98. The molecule has 1 N–H and O–H groups in total. The van der Waals surface area contributed by atoms with E-state index in [0.717, 1.165) is 50.5 Å². The van der Waals surface area contributed by atoms with Crippen molar-refractivity contribution in [2.45, 2.75) is 71.3 Å². The first-order chi connectivity index (χ1) is 10.4. The molecule has 0 heterocycles. The molecule has 6 atom stereocenters. The Kier molecular flexibility index (Phi) is 3.15. The third kappa shape index (κ3) is 1.72. The number of aliphatic hydroxyl groups excluding tert-OH is 1. The fourth-order valence-corrected chi connectivity index (χ4v) is 6.62. The van der Waals surface area contributed by atoms with E-state index in [1.165, 1.54) is 0 Å². The van der Waals surface area contributed by atoms with Crippen LogP contribution in [0, 0.1) is 28.6 Å². The maximum atomic E-state index is 14.4. The minimum absolute atomic E-state index is 0.0712. The zero-order valence-corrected chi connectivity index (χ0v) is 13.7. The molecule has 0 spiro atoms. The SMILES string of the molecule is C[C@]12CC[C@H]3[C@@H](CCC4=C(F)C(=O)CC[C@@]43C)[C@@H]1CC[C@@H]2O. The molecule has 2 nitrogen and oxygen atoms in total. The lowest BCUT2D eigenvalue weighted by molar-refractivity contribution is -0.121. The summed E-state index contributed by atoms with van der Waals surface area (Å²) < 4.78 is 14.4. The summed E-state index contributed by atoms with van der Waals surface area (Å²) in [7, 11) is 0. The van der Waals surface area contributed by atoms with Crippen LogP contribution in [-0.4, -0.2) is 17.0 Å². The smallest absolute Gasteiger partial charge is 0.191 e. The highest BCUT2D eigenvalue weighted by atomic mass is 19.1. The van der Waals surface area contributed by atoms with E-state index in [1.807, 2.05) is 0 Å². The number of rotatable bonds is 0. The van der Waals surface area contributed by atoms with E-state index < -0.39 is 5.83 Å². The van der Waals surface area contributed by atoms with Crippen LogP contribution in [0.1, 0.15) is 65.2 Å². The normalized spacial score (nSPS) is 51.4. The van der Waals surface area contributed by atoms with E-state index in [2.05, 4.69) is 13.8 Å². The van der Waals surface area contributed by atoms with E-state index in [-0.39, 0.29) is 22.7 Å². The average Bonchev–Trinajstić information content (AvgIpc) is 2.79. The fraction of sp³-hybridized carbons (Fsp3) is 0.842. The predicted octanol–water partition coefficient (Wildman–Crippen LogP) is 4.18. The first kappa shape index (κ1) is 14.9. The summed E-state index contributed by atoms with van der Waals surface area (Å²) in [6, 6.07) is 0. The molecule has 4 rings (SSSR count). The largest absolute Gasteiger partial charge is 0.393 e. The molecule has 3 fully saturated rings. The zero-order chi connectivity index (χ0) is 15.7. The van der Waals surface area contributed by atoms with E-state index in [0.29, 0.717) is 24.2 Å².